The van der Waals surface area contributed by atoms with Crippen LogP contribution in [0.25, 0.3) is 10.9 Å². The molecular weight excluding hydrogens is 460 g/mol. The summed E-state index contributed by atoms with van der Waals surface area (Å²) in [5, 5.41) is 2.87. The second-order valence-electron chi connectivity index (χ2n) is 9.39. The summed E-state index contributed by atoms with van der Waals surface area (Å²) in [6, 6.07) is 13.7. The normalized spacial score (nSPS) is 19.2. The first-order valence-electron chi connectivity index (χ1n) is 12.3. The van der Waals surface area contributed by atoms with Crippen LogP contribution in [0, 0.1) is 6.92 Å². The first-order valence-corrected chi connectivity index (χ1v) is 13.3. The predicted octanol–water partition coefficient (Wildman–Crippen LogP) is 3.96. The lowest BCUT2D eigenvalue weighted by atomic mass is 10.1. The summed E-state index contributed by atoms with van der Waals surface area (Å²) in [6.45, 7) is 5.10. The number of nitrogens with one attached hydrogen (secondary N) is 1. The molecule has 1 unspecified atom stereocenters. The molecule has 0 radical (unpaired) electrons. The number of hydrogen-bond donors (Lipinski definition) is 1. The number of nitrogens with zero attached hydrogens (tertiary/aromatic N) is 3. The first kappa shape index (κ1) is 23.8. The molecule has 0 bridgehead atoms. The van der Waals surface area contributed by atoms with E-state index in [1.807, 2.05) is 18.2 Å². The van der Waals surface area contributed by atoms with E-state index in [0.717, 1.165) is 17.2 Å². The number of thioether (sulfide) groups is 1. The fourth-order valence-electron chi connectivity index (χ4n) is 5.02. The minimum Gasteiger partial charge on any atom is -0.299 e. The molecule has 1 N–H and O–H groups in total. The number of aryl methyl sites for hydroxylation is 1. The quantitative estimate of drug-likeness (QED) is 0.416. The van der Waals surface area contributed by atoms with Gasteiger partial charge in [0.2, 0.25) is 11.8 Å². The summed E-state index contributed by atoms with van der Waals surface area (Å²) in [4.78, 5) is 45.6. The zero-order valence-electron chi connectivity index (χ0n) is 20.0. The van der Waals surface area contributed by atoms with Gasteiger partial charge in [-0.15, -0.1) is 11.8 Å². The van der Waals surface area contributed by atoms with Crippen molar-refractivity contribution >= 4 is 34.5 Å². The van der Waals surface area contributed by atoms with Crippen molar-refractivity contribution in [3.63, 3.8) is 0 Å². The van der Waals surface area contributed by atoms with Gasteiger partial charge in [0.05, 0.1) is 10.9 Å². The van der Waals surface area contributed by atoms with Crippen molar-refractivity contribution in [2.24, 2.45) is 0 Å². The van der Waals surface area contributed by atoms with Crippen molar-refractivity contribution in [1.29, 1.82) is 0 Å². The fraction of sp³-hybridized carbons (Fsp3) is 0.407. The average Bonchev–Trinajstić information content (AvgIpc) is 2.85. The van der Waals surface area contributed by atoms with Gasteiger partial charge in [0.1, 0.15) is 11.9 Å². The van der Waals surface area contributed by atoms with Crippen molar-refractivity contribution in [3.8, 4) is 0 Å². The van der Waals surface area contributed by atoms with Gasteiger partial charge >= 0.3 is 0 Å². The van der Waals surface area contributed by atoms with Gasteiger partial charge in [-0.25, -0.2) is 4.98 Å². The van der Waals surface area contributed by atoms with Crippen LogP contribution in [0.5, 0.6) is 0 Å². The van der Waals surface area contributed by atoms with Crippen molar-refractivity contribution in [2.45, 2.75) is 62.3 Å². The molecule has 35 heavy (non-hydrogen) atoms. The number of piperidine rings is 2. The van der Waals surface area contributed by atoms with E-state index in [4.69, 9.17) is 0 Å². The summed E-state index contributed by atoms with van der Waals surface area (Å²) >= 11 is 1.60. The van der Waals surface area contributed by atoms with Crippen LogP contribution in [0.3, 0.4) is 0 Å². The van der Waals surface area contributed by atoms with Gasteiger partial charge < -0.3 is 0 Å². The Labute approximate surface area is 208 Å². The molecule has 7 nitrogen and oxygen atoms in total. The molecule has 2 saturated heterocycles. The molecule has 5 rings (SSSR count). The monoisotopic (exact) mass is 490 g/mol. The lowest BCUT2D eigenvalue weighted by molar-refractivity contribution is -0.135. The highest BCUT2D eigenvalue weighted by atomic mass is 32.2. The maximum absolute atomic E-state index is 13.6. The number of carbonyl (C=O) groups is 2. The van der Waals surface area contributed by atoms with Gasteiger partial charge in [0.15, 0.2) is 0 Å². The van der Waals surface area contributed by atoms with Crippen LogP contribution in [0.15, 0.2) is 52.2 Å². The molecule has 3 heterocycles. The standard InChI is InChI=1S/C27H30N4O3S/c1-18-28-21-6-5-7-23(25(21)27(34)31(18)22-12-13-24(32)29-26(22)33)35-17-20-10-8-19(9-11-20)16-30-14-3-2-4-15-30/h5-11,22H,2-4,12-17H2,1H3,(H,29,32,33). The maximum atomic E-state index is 13.6. The van der Waals surface area contributed by atoms with Crippen molar-refractivity contribution in [1.82, 2.24) is 19.8 Å². The third-order valence-corrected chi connectivity index (χ3v) is 7.99. The van der Waals surface area contributed by atoms with Crippen molar-refractivity contribution in [3.05, 3.63) is 69.8 Å². The molecule has 1 atom stereocenters. The van der Waals surface area contributed by atoms with Crippen molar-refractivity contribution in [2.75, 3.05) is 13.1 Å². The Kier molecular flexibility index (Phi) is 7.02. The van der Waals surface area contributed by atoms with E-state index < -0.39 is 11.9 Å². The molecular formula is C27H30N4O3S. The van der Waals surface area contributed by atoms with Crippen LogP contribution in [0.1, 0.15) is 55.1 Å². The van der Waals surface area contributed by atoms with E-state index in [0.29, 0.717) is 23.1 Å². The van der Waals surface area contributed by atoms with E-state index in [2.05, 4.69) is 39.5 Å². The Morgan fingerprint density at radius 2 is 1.74 bits per heavy atom. The highest BCUT2D eigenvalue weighted by Crippen LogP contribution is 2.29. The van der Waals surface area contributed by atoms with E-state index in [-0.39, 0.29) is 17.9 Å². The summed E-state index contributed by atoms with van der Waals surface area (Å²) in [5.74, 6) is 0.462. The number of imide groups is 1. The lowest BCUT2D eigenvalue weighted by Gasteiger charge is -2.26. The number of aromatic nitrogens is 2. The van der Waals surface area contributed by atoms with Crippen LogP contribution < -0.4 is 10.9 Å². The largest absolute Gasteiger partial charge is 0.299 e. The Morgan fingerprint density at radius 1 is 1.00 bits per heavy atom. The molecule has 2 amide bonds. The molecule has 8 heteroatoms. The van der Waals surface area contributed by atoms with Gasteiger partial charge in [0, 0.05) is 23.6 Å². The minimum atomic E-state index is -0.720. The van der Waals surface area contributed by atoms with Crippen LogP contribution in [0.2, 0.25) is 0 Å². The Morgan fingerprint density at radius 3 is 2.49 bits per heavy atom. The molecule has 2 aromatic carbocycles. The number of rotatable bonds is 6. The minimum absolute atomic E-state index is 0.213. The Bertz CT molecular complexity index is 1310. The van der Waals surface area contributed by atoms with E-state index in [1.54, 1.807) is 18.7 Å². The number of likely N-dealkylation sites (tertiary alicyclic amines) is 1. The smallest absolute Gasteiger partial charge is 0.263 e. The fourth-order valence-corrected chi connectivity index (χ4v) is 6.04. The van der Waals surface area contributed by atoms with Crippen LogP contribution in [0.4, 0.5) is 0 Å². The number of benzene rings is 2. The number of amides is 2. The van der Waals surface area contributed by atoms with E-state index in [9.17, 15) is 14.4 Å². The zero-order valence-corrected chi connectivity index (χ0v) is 20.8. The number of hydrogen-bond acceptors (Lipinski definition) is 6. The van der Waals surface area contributed by atoms with E-state index >= 15 is 0 Å². The third-order valence-electron chi connectivity index (χ3n) is 6.86. The Balaban J connectivity index is 1.36. The predicted molar refractivity (Wildman–Crippen MR) is 137 cm³/mol. The SMILES string of the molecule is Cc1nc2cccc(SCc3ccc(CN4CCCCC4)cc3)c2c(=O)n1C1CCC(=O)NC1=O. The van der Waals surface area contributed by atoms with Gasteiger partial charge in [-0.3, -0.25) is 29.2 Å². The van der Waals surface area contributed by atoms with Crippen LogP contribution >= 0.6 is 11.8 Å². The van der Waals surface area contributed by atoms with Crippen LogP contribution in [-0.4, -0.2) is 39.4 Å². The molecule has 182 valence electrons. The lowest BCUT2D eigenvalue weighted by Crippen LogP contribution is -2.45. The molecule has 2 aliphatic heterocycles. The molecule has 0 aliphatic carbocycles. The van der Waals surface area contributed by atoms with Crippen LogP contribution in [-0.2, 0) is 21.9 Å². The van der Waals surface area contributed by atoms with Crippen molar-refractivity contribution < 1.29 is 9.59 Å². The van der Waals surface area contributed by atoms with Gasteiger partial charge in [-0.1, -0.05) is 36.8 Å². The van der Waals surface area contributed by atoms with Gasteiger partial charge in [0.25, 0.3) is 5.56 Å². The summed E-state index contributed by atoms with van der Waals surface area (Å²) in [6.07, 6.45) is 4.44. The molecule has 0 saturated carbocycles. The third kappa shape index (κ3) is 5.18. The second kappa shape index (κ2) is 10.3. The number of fused-ring (bicyclic) bond motifs is 1. The van der Waals surface area contributed by atoms with Gasteiger partial charge in [-0.05, 0) is 62.5 Å². The average molecular weight is 491 g/mol. The molecule has 2 aliphatic rings. The molecule has 1 aromatic heterocycles. The number of carbonyl (C=O) groups excluding carboxylic acids is 2. The summed E-state index contributed by atoms with van der Waals surface area (Å²) < 4.78 is 1.45. The molecule has 2 fully saturated rings. The zero-order chi connectivity index (χ0) is 24.4. The summed E-state index contributed by atoms with van der Waals surface area (Å²) in [5.41, 5.74) is 2.91. The maximum Gasteiger partial charge on any atom is 0.263 e. The Hall–Kier alpha value is -2.97. The highest BCUT2D eigenvalue weighted by Gasteiger charge is 2.30. The first-order chi connectivity index (χ1) is 17.0. The highest BCUT2D eigenvalue weighted by molar-refractivity contribution is 7.98. The summed E-state index contributed by atoms with van der Waals surface area (Å²) in [7, 11) is 0. The molecule has 0 spiro atoms. The van der Waals surface area contributed by atoms with Gasteiger partial charge in [-0.2, -0.15) is 0 Å². The second-order valence-corrected chi connectivity index (χ2v) is 10.4. The molecule has 3 aromatic rings. The van der Waals surface area contributed by atoms with E-state index in [1.165, 1.54) is 48.0 Å². The topological polar surface area (TPSA) is 84.3 Å².